The summed E-state index contributed by atoms with van der Waals surface area (Å²) in [6.07, 6.45) is 7.76. The topological polar surface area (TPSA) is 68.5 Å². The number of carbonyl (C=O) groups is 2. The zero-order valence-corrected chi connectivity index (χ0v) is 14.9. The maximum atomic E-state index is 12.2. The Morgan fingerprint density at radius 1 is 1.38 bits per heavy atom. The van der Waals surface area contributed by atoms with Crippen LogP contribution in [0, 0.1) is 5.92 Å². The Labute approximate surface area is 144 Å². The minimum Gasteiger partial charge on any atom is -0.465 e. The predicted molar refractivity (Wildman–Crippen MR) is 94.5 cm³/mol. The summed E-state index contributed by atoms with van der Waals surface area (Å²) >= 11 is 0. The van der Waals surface area contributed by atoms with E-state index >= 15 is 0 Å². The van der Waals surface area contributed by atoms with Gasteiger partial charge in [-0.2, -0.15) is 0 Å². The predicted octanol–water partition coefficient (Wildman–Crippen LogP) is 3.60. The van der Waals surface area contributed by atoms with Crippen molar-refractivity contribution in [2.45, 2.75) is 52.5 Å². The molecule has 0 bridgehead atoms. The average Bonchev–Trinajstić information content (AvgIpc) is 3.10. The van der Waals surface area contributed by atoms with Gasteiger partial charge in [-0.3, -0.25) is 9.59 Å². The van der Waals surface area contributed by atoms with E-state index in [1.165, 1.54) is 6.08 Å². The van der Waals surface area contributed by atoms with Gasteiger partial charge in [0.25, 0.3) is 0 Å². The van der Waals surface area contributed by atoms with Crippen LogP contribution in [0.4, 0.5) is 0 Å². The normalized spacial score (nSPS) is 13.8. The van der Waals surface area contributed by atoms with Crippen LogP contribution >= 0.6 is 0 Å². The van der Waals surface area contributed by atoms with Gasteiger partial charge in [0.15, 0.2) is 5.78 Å². The highest BCUT2D eigenvalue weighted by Gasteiger charge is 2.24. The summed E-state index contributed by atoms with van der Waals surface area (Å²) in [6, 6.07) is 3.19. The van der Waals surface area contributed by atoms with Crippen molar-refractivity contribution in [3.63, 3.8) is 0 Å². The van der Waals surface area contributed by atoms with Crippen molar-refractivity contribution in [1.82, 2.24) is 5.32 Å². The maximum Gasteiger partial charge on any atom is 0.323 e. The Balaban J connectivity index is 2.40. The zero-order chi connectivity index (χ0) is 17.8. The third-order valence-electron chi connectivity index (χ3n) is 3.92. The third kappa shape index (κ3) is 7.59. The Hall–Kier alpha value is -1.88. The third-order valence-corrected chi connectivity index (χ3v) is 3.92. The molecule has 5 heteroatoms. The Morgan fingerprint density at radius 3 is 2.79 bits per heavy atom. The number of rotatable bonds is 12. The van der Waals surface area contributed by atoms with E-state index in [4.69, 9.17) is 9.15 Å². The van der Waals surface area contributed by atoms with E-state index in [1.807, 2.05) is 13.8 Å². The van der Waals surface area contributed by atoms with Gasteiger partial charge in [0.2, 0.25) is 0 Å². The minimum absolute atomic E-state index is 0.0128. The number of ether oxygens (including phenoxy) is 1. The average molecular weight is 335 g/mol. The fraction of sp³-hybridized carbons (Fsp3) is 0.579. The highest BCUT2D eigenvalue weighted by atomic mass is 16.5. The van der Waals surface area contributed by atoms with Gasteiger partial charge in [-0.05, 0) is 36.6 Å². The van der Waals surface area contributed by atoms with Gasteiger partial charge < -0.3 is 14.5 Å². The Morgan fingerprint density at radius 2 is 2.17 bits per heavy atom. The molecule has 0 fully saturated rings. The van der Waals surface area contributed by atoms with Crippen molar-refractivity contribution < 1.29 is 18.7 Å². The number of furan rings is 1. The van der Waals surface area contributed by atoms with Gasteiger partial charge in [0.05, 0.1) is 12.9 Å². The molecule has 0 aliphatic heterocycles. The van der Waals surface area contributed by atoms with Crippen molar-refractivity contribution >= 4 is 17.8 Å². The molecule has 5 nitrogen and oxygen atoms in total. The quantitative estimate of drug-likeness (QED) is 0.359. The van der Waals surface area contributed by atoms with E-state index in [0.717, 1.165) is 19.3 Å². The Bertz CT molecular complexity index is 507. The standard InChI is InChI=1S/C19H29NO4/c1-4-6-13-24-19(22)18(15(3)5-2)20-12-11-16(21)9-10-17-8-7-14-23-17/h7-10,14-15,18,20H,4-6,11-13H2,1-3H3/b10-9+/t15?,18-/m0/s1. The fourth-order valence-corrected chi connectivity index (χ4v) is 2.15. The molecule has 0 radical (unpaired) electrons. The second-order valence-corrected chi connectivity index (χ2v) is 5.90. The summed E-state index contributed by atoms with van der Waals surface area (Å²) in [5.74, 6) is 0.568. The van der Waals surface area contributed by atoms with E-state index in [1.54, 1.807) is 24.5 Å². The summed E-state index contributed by atoms with van der Waals surface area (Å²) in [7, 11) is 0. The van der Waals surface area contributed by atoms with Crippen LogP contribution in [0.15, 0.2) is 28.9 Å². The molecule has 1 unspecified atom stereocenters. The smallest absolute Gasteiger partial charge is 0.323 e. The van der Waals surface area contributed by atoms with Crippen LogP contribution in [0.25, 0.3) is 6.08 Å². The first-order valence-electron chi connectivity index (χ1n) is 8.72. The zero-order valence-electron chi connectivity index (χ0n) is 14.9. The number of carbonyl (C=O) groups excluding carboxylic acids is 2. The molecule has 1 rings (SSSR count). The van der Waals surface area contributed by atoms with Gasteiger partial charge in [0, 0.05) is 13.0 Å². The first kappa shape index (κ1) is 20.2. The first-order chi connectivity index (χ1) is 11.6. The van der Waals surface area contributed by atoms with E-state index in [2.05, 4.69) is 12.2 Å². The molecule has 1 N–H and O–H groups in total. The van der Waals surface area contributed by atoms with Gasteiger partial charge in [-0.15, -0.1) is 0 Å². The molecule has 0 amide bonds. The monoisotopic (exact) mass is 335 g/mol. The van der Waals surface area contributed by atoms with Gasteiger partial charge in [-0.25, -0.2) is 0 Å². The number of ketones is 1. The van der Waals surface area contributed by atoms with Crippen LogP contribution < -0.4 is 5.32 Å². The molecule has 1 heterocycles. The van der Waals surface area contributed by atoms with Crippen LogP contribution in [0.5, 0.6) is 0 Å². The lowest BCUT2D eigenvalue weighted by molar-refractivity contribution is -0.147. The summed E-state index contributed by atoms with van der Waals surface area (Å²) in [5, 5.41) is 3.17. The van der Waals surface area contributed by atoms with Crippen molar-refractivity contribution in [3.8, 4) is 0 Å². The molecule has 1 aromatic heterocycles. The number of hydrogen-bond acceptors (Lipinski definition) is 5. The van der Waals surface area contributed by atoms with Crippen LogP contribution in [-0.2, 0) is 14.3 Å². The first-order valence-corrected chi connectivity index (χ1v) is 8.72. The van der Waals surface area contributed by atoms with Gasteiger partial charge in [-0.1, -0.05) is 33.6 Å². The van der Waals surface area contributed by atoms with Crippen molar-refractivity contribution in [3.05, 3.63) is 30.2 Å². The second kappa shape index (κ2) is 11.6. The molecule has 134 valence electrons. The van der Waals surface area contributed by atoms with Gasteiger partial charge >= 0.3 is 5.97 Å². The molecule has 1 aromatic rings. The minimum atomic E-state index is -0.367. The second-order valence-electron chi connectivity index (χ2n) is 5.90. The van der Waals surface area contributed by atoms with Crippen molar-refractivity contribution in [2.24, 2.45) is 5.92 Å². The molecule has 2 atom stereocenters. The number of nitrogens with one attached hydrogen (secondary N) is 1. The highest BCUT2D eigenvalue weighted by molar-refractivity contribution is 5.93. The molecule has 0 spiro atoms. The fourth-order valence-electron chi connectivity index (χ4n) is 2.15. The molecule has 0 aliphatic rings. The van der Waals surface area contributed by atoms with E-state index < -0.39 is 0 Å². The van der Waals surface area contributed by atoms with E-state index in [0.29, 0.717) is 25.3 Å². The molecule has 0 saturated heterocycles. The maximum absolute atomic E-state index is 12.2. The largest absolute Gasteiger partial charge is 0.465 e. The molecule has 0 aromatic carbocycles. The van der Waals surface area contributed by atoms with Crippen molar-refractivity contribution in [1.29, 1.82) is 0 Å². The van der Waals surface area contributed by atoms with Crippen LogP contribution in [0.3, 0.4) is 0 Å². The van der Waals surface area contributed by atoms with E-state index in [-0.39, 0.29) is 23.7 Å². The van der Waals surface area contributed by atoms with Crippen molar-refractivity contribution in [2.75, 3.05) is 13.2 Å². The lowest BCUT2D eigenvalue weighted by Crippen LogP contribution is -2.43. The summed E-state index contributed by atoms with van der Waals surface area (Å²) < 4.78 is 10.4. The van der Waals surface area contributed by atoms with Crippen LogP contribution in [0.1, 0.15) is 52.2 Å². The highest BCUT2D eigenvalue weighted by Crippen LogP contribution is 2.10. The number of unbranched alkanes of at least 4 members (excludes halogenated alkanes) is 1. The Kier molecular flexibility index (Phi) is 9.77. The summed E-state index contributed by atoms with van der Waals surface area (Å²) in [5.41, 5.74) is 0. The number of allylic oxidation sites excluding steroid dienone is 1. The summed E-state index contributed by atoms with van der Waals surface area (Å²) in [4.78, 5) is 24.0. The van der Waals surface area contributed by atoms with Crippen LogP contribution in [-0.4, -0.2) is 30.9 Å². The molecule has 24 heavy (non-hydrogen) atoms. The lowest BCUT2D eigenvalue weighted by atomic mass is 9.99. The summed E-state index contributed by atoms with van der Waals surface area (Å²) in [6.45, 7) is 7.00. The molecular formula is C19H29NO4. The number of esters is 1. The number of hydrogen-bond donors (Lipinski definition) is 1. The lowest BCUT2D eigenvalue weighted by Gasteiger charge is -2.22. The van der Waals surface area contributed by atoms with Gasteiger partial charge in [0.1, 0.15) is 11.8 Å². The van der Waals surface area contributed by atoms with E-state index in [9.17, 15) is 9.59 Å². The van der Waals surface area contributed by atoms with Crippen LogP contribution in [0.2, 0.25) is 0 Å². The molecule has 0 saturated carbocycles. The molecular weight excluding hydrogens is 306 g/mol. The molecule has 0 aliphatic carbocycles. The SMILES string of the molecule is CCCCOC(=O)[C@@H](NCCC(=O)/C=C/c1ccco1)C(C)CC.